The zero-order valence-corrected chi connectivity index (χ0v) is 18.7. The van der Waals surface area contributed by atoms with Crippen LogP contribution < -0.4 is 15.0 Å². The maximum Gasteiger partial charge on any atom is 0.250 e. The third kappa shape index (κ3) is 4.71. The van der Waals surface area contributed by atoms with E-state index in [1.807, 2.05) is 42.5 Å². The zero-order valence-electron chi connectivity index (χ0n) is 18.7. The lowest BCUT2D eigenvalue weighted by atomic mass is 10.1. The van der Waals surface area contributed by atoms with Crippen molar-refractivity contribution in [2.24, 2.45) is 0 Å². The number of fused-ring (bicyclic) bond motifs is 2. The Bertz CT molecular complexity index is 1280. The number of morpholine rings is 1. The van der Waals surface area contributed by atoms with Crippen molar-refractivity contribution in [2.75, 3.05) is 56.2 Å². The molecule has 5 rings (SSSR count). The fourth-order valence-electron chi connectivity index (χ4n) is 4.09. The highest BCUT2D eigenvalue weighted by molar-refractivity contribution is 6.05. The molecule has 1 fully saturated rings. The van der Waals surface area contributed by atoms with Crippen molar-refractivity contribution in [3.63, 3.8) is 0 Å². The largest absolute Gasteiger partial charge is 0.489 e. The molecule has 34 heavy (non-hydrogen) atoms. The Morgan fingerprint density at radius 1 is 1.15 bits per heavy atom. The Morgan fingerprint density at radius 3 is 2.88 bits per heavy atom. The van der Waals surface area contributed by atoms with Crippen molar-refractivity contribution < 1.29 is 14.3 Å². The molecule has 8 heteroatoms. The topological polar surface area (TPSA) is 79.8 Å². The Morgan fingerprint density at radius 2 is 2.03 bits per heavy atom. The molecule has 1 aromatic heterocycles. The number of carbonyl (C=O) groups excluding carboxylic acids is 1. The monoisotopic (exact) mass is 455 g/mol. The lowest BCUT2D eigenvalue weighted by Crippen LogP contribution is -2.38. The molecule has 3 aromatic rings. The Kier molecular flexibility index (Phi) is 6.38. The number of anilines is 3. The zero-order chi connectivity index (χ0) is 23.3. The molecule has 1 N–H and O–H groups in total. The highest BCUT2D eigenvalue weighted by atomic mass is 16.5. The quantitative estimate of drug-likeness (QED) is 0.468. The second-order valence-electron chi connectivity index (χ2n) is 8.06. The molecule has 2 aliphatic rings. The predicted octanol–water partition coefficient (Wildman–Crippen LogP) is 2.97. The average Bonchev–Trinajstić information content (AvgIpc) is 2.88. The average molecular weight is 456 g/mol. The number of hydrogen-bond acceptors (Lipinski definition) is 7. The van der Waals surface area contributed by atoms with Crippen molar-refractivity contribution in [1.29, 1.82) is 0 Å². The maximum atomic E-state index is 13.1. The van der Waals surface area contributed by atoms with Gasteiger partial charge in [-0.1, -0.05) is 18.1 Å². The molecule has 8 nitrogen and oxygen atoms in total. The summed E-state index contributed by atoms with van der Waals surface area (Å²) in [6.07, 6.45) is 10.6. The van der Waals surface area contributed by atoms with E-state index in [2.05, 4.69) is 26.1 Å². The van der Waals surface area contributed by atoms with Gasteiger partial charge >= 0.3 is 0 Å². The van der Waals surface area contributed by atoms with Gasteiger partial charge in [-0.15, -0.1) is 6.42 Å². The first-order chi connectivity index (χ1) is 16.7. The molecule has 1 amide bonds. The van der Waals surface area contributed by atoms with Crippen LogP contribution in [0.25, 0.3) is 10.9 Å². The van der Waals surface area contributed by atoms with Crippen LogP contribution in [0.1, 0.15) is 5.56 Å². The first-order valence-corrected chi connectivity index (χ1v) is 11.2. The minimum atomic E-state index is -0.0785. The summed E-state index contributed by atoms with van der Waals surface area (Å²) in [6, 6.07) is 11.3. The number of terminal acetylenes is 1. The fourth-order valence-corrected chi connectivity index (χ4v) is 4.09. The first-order valence-electron chi connectivity index (χ1n) is 11.2. The van der Waals surface area contributed by atoms with Gasteiger partial charge in [-0.25, -0.2) is 9.97 Å². The van der Waals surface area contributed by atoms with E-state index in [4.69, 9.17) is 15.9 Å². The number of carbonyl (C=O) groups is 1. The molecule has 1 saturated heterocycles. The summed E-state index contributed by atoms with van der Waals surface area (Å²) in [5.74, 6) is 3.82. The molecule has 172 valence electrons. The van der Waals surface area contributed by atoms with Gasteiger partial charge in [-0.3, -0.25) is 9.69 Å². The number of rotatable bonds is 5. The van der Waals surface area contributed by atoms with E-state index < -0.39 is 0 Å². The highest BCUT2D eigenvalue weighted by Crippen LogP contribution is 2.37. The van der Waals surface area contributed by atoms with Gasteiger partial charge in [0.05, 0.1) is 31.0 Å². The molecule has 0 saturated carbocycles. The number of nitrogens with zero attached hydrogens (tertiary/aromatic N) is 4. The minimum Gasteiger partial charge on any atom is -0.489 e. The van der Waals surface area contributed by atoms with E-state index in [-0.39, 0.29) is 5.91 Å². The van der Waals surface area contributed by atoms with E-state index in [1.54, 1.807) is 11.0 Å². The van der Waals surface area contributed by atoms with E-state index in [1.165, 1.54) is 6.33 Å². The molecule has 2 aliphatic heterocycles. The van der Waals surface area contributed by atoms with Crippen LogP contribution in [0.2, 0.25) is 0 Å². The van der Waals surface area contributed by atoms with Crippen molar-refractivity contribution >= 4 is 34.0 Å². The summed E-state index contributed by atoms with van der Waals surface area (Å²) in [7, 11) is 0. The van der Waals surface area contributed by atoms with Crippen molar-refractivity contribution in [1.82, 2.24) is 14.9 Å². The van der Waals surface area contributed by atoms with Gasteiger partial charge in [0.2, 0.25) is 0 Å². The Balaban J connectivity index is 1.41. The van der Waals surface area contributed by atoms with Gasteiger partial charge in [-0.05, 0) is 24.3 Å². The number of aromatic nitrogens is 2. The minimum absolute atomic E-state index is 0.0785. The first kappa shape index (κ1) is 21.9. The van der Waals surface area contributed by atoms with Gasteiger partial charge in [0.1, 0.15) is 24.5 Å². The number of benzene rings is 2. The van der Waals surface area contributed by atoms with Crippen LogP contribution in [-0.2, 0) is 9.53 Å². The summed E-state index contributed by atoms with van der Waals surface area (Å²) >= 11 is 0. The van der Waals surface area contributed by atoms with Gasteiger partial charge in [0.25, 0.3) is 5.91 Å². The molecular formula is C26H25N5O3. The lowest BCUT2D eigenvalue weighted by molar-refractivity contribution is -0.114. The SMILES string of the molecule is C#Cc1cccc(Nc2ncnc3cc4c(cc23)N(C(=O)/C=C/CN2CCOCC2)CCO4)c1. The molecule has 0 atom stereocenters. The second-order valence-corrected chi connectivity index (χ2v) is 8.06. The van der Waals surface area contributed by atoms with Crippen LogP contribution in [0.5, 0.6) is 5.75 Å². The van der Waals surface area contributed by atoms with Crippen LogP contribution >= 0.6 is 0 Å². The summed E-state index contributed by atoms with van der Waals surface area (Å²) in [4.78, 5) is 25.9. The van der Waals surface area contributed by atoms with E-state index >= 15 is 0 Å². The van der Waals surface area contributed by atoms with E-state index in [9.17, 15) is 4.79 Å². The molecule has 2 aromatic carbocycles. The van der Waals surface area contributed by atoms with Gasteiger partial charge < -0.3 is 19.7 Å². The standard InChI is InChI=1S/C26H25N5O3/c1-2-19-5-3-6-20(15-19)29-26-21-16-23-24(17-22(21)27-18-28-26)34-14-11-31(23)25(32)7-4-8-30-9-12-33-13-10-30/h1,3-7,15-18H,8-14H2,(H,27,28,29)/b7-4+. The smallest absolute Gasteiger partial charge is 0.250 e. The van der Waals surface area contributed by atoms with Crippen LogP contribution in [-0.4, -0.2) is 66.8 Å². The molecule has 0 spiro atoms. The molecule has 3 heterocycles. The van der Waals surface area contributed by atoms with Crippen molar-refractivity contribution in [3.05, 3.63) is 60.4 Å². The van der Waals surface area contributed by atoms with Crippen LogP contribution in [0, 0.1) is 12.3 Å². The molecule has 0 bridgehead atoms. The number of nitrogens with one attached hydrogen (secondary N) is 1. The van der Waals surface area contributed by atoms with E-state index in [0.717, 1.165) is 55.0 Å². The fraction of sp³-hybridized carbons (Fsp3) is 0.269. The van der Waals surface area contributed by atoms with Gasteiger partial charge in [-0.2, -0.15) is 0 Å². The number of hydrogen-bond donors (Lipinski definition) is 1. The number of ether oxygens (including phenoxy) is 2. The van der Waals surface area contributed by atoms with Crippen LogP contribution in [0.4, 0.5) is 17.2 Å². The Labute approximate surface area is 198 Å². The normalized spacial score (nSPS) is 16.1. The second kappa shape index (κ2) is 9.91. The predicted molar refractivity (Wildman–Crippen MR) is 131 cm³/mol. The van der Waals surface area contributed by atoms with Gasteiger partial charge in [0.15, 0.2) is 0 Å². The maximum absolute atomic E-state index is 13.1. The summed E-state index contributed by atoms with van der Waals surface area (Å²) in [5.41, 5.74) is 3.02. The highest BCUT2D eigenvalue weighted by Gasteiger charge is 2.24. The van der Waals surface area contributed by atoms with Gasteiger partial charge in [0, 0.05) is 48.4 Å². The lowest BCUT2D eigenvalue weighted by Gasteiger charge is -2.29. The third-order valence-corrected chi connectivity index (χ3v) is 5.87. The molecule has 0 unspecified atom stereocenters. The number of amides is 1. The van der Waals surface area contributed by atoms with Crippen molar-refractivity contribution in [3.8, 4) is 18.1 Å². The molecule has 0 aliphatic carbocycles. The summed E-state index contributed by atoms with van der Waals surface area (Å²) < 4.78 is 11.2. The van der Waals surface area contributed by atoms with E-state index in [0.29, 0.717) is 30.4 Å². The van der Waals surface area contributed by atoms with Crippen LogP contribution in [0.15, 0.2) is 54.9 Å². The Hall–Kier alpha value is -3.93. The summed E-state index contributed by atoms with van der Waals surface area (Å²) in [6.45, 7) is 4.85. The third-order valence-electron chi connectivity index (χ3n) is 5.87. The molecular weight excluding hydrogens is 430 g/mol. The van der Waals surface area contributed by atoms with Crippen molar-refractivity contribution in [2.45, 2.75) is 0 Å². The summed E-state index contributed by atoms with van der Waals surface area (Å²) in [5, 5.41) is 4.11. The molecule has 0 radical (unpaired) electrons. The van der Waals surface area contributed by atoms with Crippen LogP contribution in [0.3, 0.4) is 0 Å².